The summed E-state index contributed by atoms with van der Waals surface area (Å²) in [5, 5.41) is 8.59. The maximum atomic E-state index is 2.47. The van der Waals surface area contributed by atoms with Crippen LogP contribution in [0.4, 0.5) is 0 Å². The van der Waals surface area contributed by atoms with Gasteiger partial charge in [-0.3, -0.25) is 0 Å². The summed E-state index contributed by atoms with van der Waals surface area (Å²) in [6.45, 7) is 2.38. The summed E-state index contributed by atoms with van der Waals surface area (Å²) < 4.78 is 0. The van der Waals surface area contributed by atoms with Gasteiger partial charge in [0.2, 0.25) is 0 Å². The Hall–Kier alpha value is -2.08. The van der Waals surface area contributed by atoms with E-state index in [1.165, 1.54) is 51.6 Å². The van der Waals surface area contributed by atoms with Gasteiger partial charge in [0.15, 0.2) is 0 Å². The summed E-state index contributed by atoms with van der Waals surface area (Å²) in [6.07, 6.45) is 3.91. The fraction of sp³-hybridized carbons (Fsp3) is 0.238. The van der Waals surface area contributed by atoms with Crippen LogP contribution in [-0.2, 0) is 6.42 Å². The van der Waals surface area contributed by atoms with Crippen LogP contribution in [0, 0.1) is 0 Å². The molecular weight excluding hydrogens is 252 g/mol. The second-order valence-corrected chi connectivity index (χ2v) is 6.59. The minimum absolute atomic E-state index is 0.704. The van der Waals surface area contributed by atoms with Crippen LogP contribution in [0.3, 0.4) is 0 Å². The van der Waals surface area contributed by atoms with E-state index >= 15 is 0 Å². The van der Waals surface area contributed by atoms with E-state index in [1.54, 1.807) is 11.1 Å². The Kier molecular flexibility index (Phi) is 2.19. The molecule has 0 heterocycles. The van der Waals surface area contributed by atoms with E-state index in [9.17, 15) is 0 Å². The molecular formula is C21H18. The minimum Gasteiger partial charge on any atom is -0.0610 e. The smallest absolute Gasteiger partial charge is 0.00238 e. The fourth-order valence-electron chi connectivity index (χ4n) is 4.35. The summed E-state index contributed by atoms with van der Waals surface area (Å²) in [7, 11) is 0. The van der Waals surface area contributed by atoms with Crippen molar-refractivity contribution in [2.45, 2.75) is 32.1 Å². The Morgan fingerprint density at radius 3 is 2.48 bits per heavy atom. The van der Waals surface area contributed by atoms with Crippen molar-refractivity contribution < 1.29 is 0 Å². The first-order valence-electron chi connectivity index (χ1n) is 8.02. The SMILES string of the molecule is CC1CCCc2c1cc1ccc3cccc4ccc2c1c34. The molecule has 1 atom stereocenters. The summed E-state index contributed by atoms with van der Waals surface area (Å²) in [5.74, 6) is 0.704. The van der Waals surface area contributed by atoms with Crippen molar-refractivity contribution in [1.29, 1.82) is 0 Å². The maximum absolute atomic E-state index is 2.47. The van der Waals surface area contributed by atoms with Gasteiger partial charge >= 0.3 is 0 Å². The zero-order chi connectivity index (χ0) is 14.0. The second-order valence-electron chi connectivity index (χ2n) is 6.59. The Labute approximate surface area is 124 Å². The van der Waals surface area contributed by atoms with Crippen molar-refractivity contribution in [3.63, 3.8) is 0 Å². The largest absolute Gasteiger partial charge is 0.0610 e. The van der Waals surface area contributed by atoms with Crippen LogP contribution in [0.1, 0.15) is 36.8 Å². The van der Waals surface area contributed by atoms with Crippen LogP contribution in [0.2, 0.25) is 0 Å². The molecule has 0 saturated heterocycles. The lowest BCUT2D eigenvalue weighted by Gasteiger charge is -2.25. The molecule has 5 rings (SSSR count). The molecule has 0 nitrogen and oxygen atoms in total. The van der Waals surface area contributed by atoms with Crippen LogP contribution in [-0.4, -0.2) is 0 Å². The lowest BCUT2D eigenvalue weighted by molar-refractivity contribution is 0.594. The van der Waals surface area contributed by atoms with Crippen molar-refractivity contribution in [1.82, 2.24) is 0 Å². The molecule has 21 heavy (non-hydrogen) atoms. The highest BCUT2D eigenvalue weighted by Gasteiger charge is 2.20. The van der Waals surface area contributed by atoms with Crippen molar-refractivity contribution in [2.75, 3.05) is 0 Å². The first-order chi connectivity index (χ1) is 10.3. The van der Waals surface area contributed by atoms with Gasteiger partial charge in [-0.15, -0.1) is 0 Å². The highest BCUT2D eigenvalue weighted by Crippen LogP contribution is 2.42. The molecule has 1 aliphatic rings. The minimum atomic E-state index is 0.704. The molecule has 0 bridgehead atoms. The quantitative estimate of drug-likeness (QED) is 0.342. The molecule has 1 aliphatic carbocycles. The number of benzene rings is 4. The molecule has 0 aliphatic heterocycles. The maximum Gasteiger partial charge on any atom is -0.00238 e. The van der Waals surface area contributed by atoms with Gasteiger partial charge in [-0.1, -0.05) is 55.5 Å². The van der Waals surface area contributed by atoms with E-state index in [0.717, 1.165) is 0 Å². The zero-order valence-electron chi connectivity index (χ0n) is 12.3. The van der Waals surface area contributed by atoms with E-state index in [-0.39, 0.29) is 0 Å². The molecule has 1 unspecified atom stereocenters. The summed E-state index contributed by atoms with van der Waals surface area (Å²) >= 11 is 0. The number of hydrogen-bond donors (Lipinski definition) is 0. The molecule has 0 radical (unpaired) electrons. The third-order valence-electron chi connectivity index (χ3n) is 5.39. The average molecular weight is 270 g/mol. The molecule has 0 saturated carbocycles. The standard InChI is InChI=1S/C21H18/c1-13-4-2-7-17-18-11-10-15-6-3-5-14-8-9-16(12-19(13)17)21(18)20(14)15/h3,5-6,8-13H,2,4,7H2,1H3. The number of rotatable bonds is 0. The Balaban J connectivity index is 2.07. The van der Waals surface area contributed by atoms with Crippen LogP contribution in [0.15, 0.2) is 48.5 Å². The highest BCUT2D eigenvalue weighted by atomic mass is 14.2. The number of aryl methyl sites for hydroxylation is 1. The van der Waals surface area contributed by atoms with E-state index in [1.807, 2.05) is 0 Å². The van der Waals surface area contributed by atoms with Gasteiger partial charge in [0.05, 0.1) is 0 Å². The van der Waals surface area contributed by atoms with Crippen molar-refractivity contribution in [3.8, 4) is 0 Å². The third-order valence-corrected chi connectivity index (χ3v) is 5.39. The van der Waals surface area contributed by atoms with Crippen LogP contribution >= 0.6 is 0 Å². The number of fused-ring (bicyclic) bond motifs is 2. The third kappa shape index (κ3) is 1.45. The van der Waals surface area contributed by atoms with Crippen molar-refractivity contribution in [3.05, 3.63) is 59.7 Å². The second kappa shape index (κ2) is 3.98. The fourth-order valence-corrected chi connectivity index (χ4v) is 4.35. The monoisotopic (exact) mass is 270 g/mol. The normalized spacial score (nSPS) is 18.6. The van der Waals surface area contributed by atoms with Crippen molar-refractivity contribution >= 4 is 32.3 Å². The van der Waals surface area contributed by atoms with E-state index < -0.39 is 0 Å². The van der Waals surface area contributed by atoms with Gasteiger partial charge in [-0.25, -0.2) is 0 Å². The van der Waals surface area contributed by atoms with Crippen molar-refractivity contribution in [2.24, 2.45) is 0 Å². The van der Waals surface area contributed by atoms with Gasteiger partial charge < -0.3 is 0 Å². The predicted octanol–water partition coefficient (Wildman–Crippen LogP) is 6.02. The van der Waals surface area contributed by atoms with Gasteiger partial charge in [-0.2, -0.15) is 0 Å². The molecule has 0 aromatic heterocycles. The van der Waals surface area contributed by atoms with E-state index in [0.29, 0.717) is 5.92 Å². The molecule has 102 valence electrons. The zero-order valence-corrected chi connectivity index (χ0v) is 12.3. The molecule has 0 N–H and O–H groups in total. The van der Waals surface area contributed by atoms with E-state index in [2.05, 4.69) is 55.5 Å². The lowest BCUT2D eigenvalue weighted by Crippen LogP contribution is -2.08. The Bertz CT molecular complexity index is 962. The van der Waals surface area contributed by atoms with Gasteiger partial charge in [0.25, 0.3) is 0 Å². The average Bonchev–Trinajstić information content (AvgIpc) is 2.53. The van der Waals surface area contributed by atoms with Gasteiger partial charge in [0, 0.05) is 0 Å². The van der Waals surface area contributed by atoms with Crippen LogP contribution < -0.4 is 0 Å². The van der Waals surface area contributed by atoms with E-state index in [4.69, 9.17) is 0 Å². The summed E-state index contributed by atoms with van der Waals surface area (Å²) in [5.41, 5.74) is 3.20. The summed E-state index contributed by atoms with van der Waals surface area (Å²) in [4.78, 5) is 0. The first-order valence-corrected chi connectivity index (χ1v) is 8.02. The molecule has 0 fully saturated rings. The molecule has 4 aromatic rings. The Morgan fingerprint density at radius 2 is 1.62 bits per heavy atom. The highest BCUT2D eigenvalue weighted by molar-refractivity contribution is 6.23. The molecule has 0 spiro atoms. The molecule has 4 aromatic carbocycles. The summed E-state index contributed by atoms with van der Waals surface area (Å²) in [6, 6.07) is 18.4. The van der Waals surface area contributed by atoms with Crippen LogP contribution in [0.25, 0.3) is 32.3 Å². The first kappa shape index (κ1) is 11.6. The van der Waals surface area contributed by atoms with Crippen LogP contribution in [0.5, 0.6) is 0 Å². The van der Waals surface area contributed by atoms with Gasteiger partial charge in [0.1, 0.15) is 0 Å². The topological polar surface area (TPSA) is 0 Å². The number of hydrogen-bond acceptors (Lipinski definition) is 0. The molecule has 0 heteroatoms. The Morgan fingerprint density at radius 1 is 0.857 bits per heavy atom. The lowest BCUT2D eigenvalue weighted by atomic mass is 9.79. The molecule has 0 amide bonds. The predicted molar refractivity (Wildman–Crippen MR) is 91.5 cm³/mol. The van der Waals surface area contributed by atoms with Gasteiger partial charge in [-0.05, 0) is 68.6 Å².